The molecule has 0 amide bonds. The monoisotopic (exact) mass is 578 g/mol. The van der Waals surface area contributed by atoms with Crippen molar-refractivity contribution in [1.29, 1.82) is 0 Å². The molecule has 4 aromatic rings. The summed E-state index contributed by atoms with van der Waals surface area (Å²) in [5.74, 6) is 0.708. The van der Waals surface area contributed by atoms with Crippen molar-refractivity contribution in [2.45, 2.75) is 52.4 Å². The highest BCUT2D eigenvalue weighted by Gasteiger charge is 2.10. The Morgan fingerprint density at radius 2 is 1.24 bits per heavy atom. The number of aliphatic hydroxyl groups excluding tert-OH is 1. The molecule has 0 atom stereocenters. The lowest BCUT2D eigenvalue weighted by molar-refractivity contribution is 0.173. The van der Waals surface area contributed by atoms with Crippen molar-refractivity contribution >= 4 is 33.4 Å². The summed E-state index contributed by atoms with van der Waals surface area (Å²) in [6.07, 6.45) is 11.6. The molecule has 2 saturated heterocycles. The van der Waals surface area contributed by atoms with Crippen LogP contribution in [-0.4, -0.2) is 87.3 Å². The summed E-state index contributed by atoms with van der Waals surface area (Å²) in [7, 11) is 0. The van der Waals surface area contributed by atoms with Gasteiger partial charge in [-0.2, -0.15) is 0 Å². The van der Waals surface area contributed by atoms with Crippen LogP contribution >= 0.6 is 11.6 Å². The molecule has 0 radical (unpaired) electrons. The molecule has 0 unspecified atom stereocenters. The first-order valence-electron chi connectivity index (χ1n) is 14.8. The van der Waals surface area contributed by atoms with Gasteiger partial charge in [0.25, 0.3) is 0 Å². The third kappa shape index (κ3) is 9.85. The number of aromatic nitrogens is 4. The van der Waals surface area contributed by atoms with Gasteiger partial charge in [0, 0.05) is 53.7 Å². The number of nitrogens with zero attached hydrogens (tertiary/aromatic N) is 6. The van der Waals surface area contributed by atoms with E-state index in [1.165, 1.54) is 64.7 Å². The first kappa shape index (κ1) is 31.0. The highest BCUT2D eigenvalue weighted by molar-refractivity contribution is 6.29. The van der Waals surface area contributed by atoms with Gasteiger partial charge in [-0.05, 0) is 96.0 Å². The quantitative estimate of drug-likeness (QED) is 0.285. The molecule has 0 saturated carbocycles. The van der Waals surface area contributed by atoms with E-state index in [1.54, 1.807) is 18.5 Å². The molecule has 2 fully saturated rings. The van der Waals surface area contributed by atoms with E-state index in [-0.39, 0.29) is 0 Å². The number of halogens is 1. The molecule has 6 rings (SSSR count). The minimum atomic E-state index is 0.319. The zero-order valence-electron chi connectivity index (χ0n) is 24.4. The fraction of sp³-hybridized carbons (Fsp3) is 0.500. The van der Waals surface area contributed by atoms with E-state index in [0.29, 0.717) is 24.2 Å². The minimum Gasteiger partial charge on any atom is -0.476 e. The van der Waals surface area contributed by atoms with Gasteiger partial charge in [-0.15, -0.1) is 0 Å². The van der Waals surface area contributed by atoms with Crippen molar-refractivity contribution < 1.29 is 9.84 Å². The maximum absolute atomic E-state index is 8.58. The maximum Gasteiger partial charge on any atom is 0.213 e. The Kier molecular flexibility index (Phi) is 12.5. The van der Waals surface area contributed by atoms with Gasteiger partial charge >= 0.3 is 0 Å². The molecular formula is C32H43ClN6O2. The molecule has 2 aliphatic rings. The number of piperidine rings is 2. The lowest BCUT2D eigenvalue weighted by Gasteiger charge is -2.26. The molecule has 1 N–H and O–H groups in total. The molecule has 0 aromatic carbocycles. The van der Waals surface area contributed by atoms with Crippen molar-refractivity contribution in [3.63, 3.8) is 0 Å². The highest BCUT2D eigenvalue weighted by Crippen LogP contribution is 2.19. The van der Waals surface area contributed by atoms with E-state index in [1.807, 2.05) is 44.2 Å². The van der Waals surface area contributed by atoms with Crippen LogP contribution in [0.4, 0.5) is 0 Å². The first-order chi connectivity index (χ1) is 20.0. The third-order valence-electron chi connectivity index (χ3n) is 7.54. The Hall–Kier alpha value is -2.91. The van der Waals surface area contributed by atoms with Crippen LogP contribution in [0.1, 0.15) is 49.9 Å². The third-order valence-corrected chi connectivity index (χ3v) is 7.75. The standard InChI is InChI=1S/C16H21N3O.C9H7ClN2.C7H15NO/c1-13-14-5-6-16(18-15(14)7-8-17-13)20-12-11-19-9-3-2-4-10-19;1-6-7-2-3-9(10)12-8(7)4-5-11-6;9-7-6-8-4-2-1-3-5-8/h5-8H,2-4,9-12H2,1H3;2-5H,1H3;9H,1-7H2. The lowest BCUT2D eigenvalue weighted by atomic mass is 10.1. The van der Waals surface area contributed by atoms with E-state index in [4.69, 9.17) is 21.4 Å². The van der Waals surface area contributed by atoms with Crippen LogP contribution < -0.4 is 4.74 Å². The molecule has 8 nitrogen and oxygen atoms in total. The number of aliphatic hydroxyl groups is 1. The van der Waals surface area contributed by atoms with Gasteiger partial charge in [0.2, 0.25) is 5.88 Å². The van der Waals surface area contributed by atoms with Gasteiger partial charge in [0.05, 0.1) is 17.6 Å². The van der Waals surface area contributed by atoms with E-state index < -0.39 is 0 Å². The smallest absolute Gasteiger partial charge is 0.213 e. The molecule has 0 spiro atoms. The molecule has 41 heavy (non-hydrogen) atoms. The van der Waals surface area contributed by atoms with Crippen LogP contribution in [0, 0.1) is 13.8 Å². The van der Waals surface area contributed by atoms with Crippen LogP contribution in [0.2, 0.25) is 5.15 Å². The number of ether oxygens (including phenoxy) is 1. The molecule has 0 aliphatic carbocycles. The number of fused-ring (bicyclic) bond motifs is 2. The number of likely N-dealkylation sites (tertiary alicyclic amines) is 2. The number of β-amino-alcohol motifs (C(OH)–C–C–N with tert-alkyl or cyclic N) is 1. The number of aryl methyl sites for hydroxylation is 2. The molecule has 6 heterocycles. The number of rotatable bonds is 6. The Bertz CT molecular complexity index is 1360. The predicted octanol–water partition coefficient (Wildman–Crippen LogP) is 5.86. The fourth-order valence-corrected chi connectivity index (χ4v) is 5.37. The van der Waals surface area contributed by atoms with Crippen LogP contribution in [0.5, 0.6) is 5.88 Å². The van der Waals surface area contributed by atoms with Crippen molar-refractivity contribution in [2.75, 3.05) is 52.5 Å². The topological polar surface area (TPSA) is 87.5 Å². The predicted molar refractivity (Wildman–Crippen MR) is 167 cm³/mol. The van der Waals surface area contributed by atoms with E-state index in [0.717, 1.165) is 46.3 Å². The molecule has 220 valence electrons. The number of hydrogen-bond donors (Lipinski definition) is 1. The number of hydrogen-bond acceptors (Lipinski definition) is 8. The van der Waals surface area contributed by atoms with Crippen molar-refractivity contribution in [2.24, 2.45) is 0 Å². The molecule has 4 aromatic heterocycles. The summed E-state index contributed by atoms with van der Waals surface area (Å²) in [5, 5.41) is 11.2. The minimum absolute atomic E-state index is 0.319. The Morgan fingerprint density at radius 3 is 1.83 bits per heavy atom. The maximum atomic E-state index is 8.58. The fourth-order valence-electron chi connectivity index (χ4n) is 5.22. The Labute approximate surface area is 248 Å². The molecule has 2 aliphatic heterocycles. The van der Waals surface area contributed by atoms with Crippen LogP contribution in [0.15, 0.2) is 48.8 Å². The SMILES string of the molecule is Cc1nccc2nc(Cl)ccc12.Cc1nccc2nc(OCCN3CCCCC3)ccc12.OCCN1CCCCC1. The summed E-state index contributed by atoms with van der Waals surface area (Å²) in [5.41, 5.74) is 3.84. The second kappa shape index (κ2) is 16.5. The largest absolute Gasteiger partial charge is 0.476 e. The summed E-state index contributed by atoms with van der Waals surface area (Å²) in [6, 6.07) is 11.5. The number of pyridine rings is 4. The van der Waals surface area contributed by atoms with E-state index >= 15 is 0 Å². The summed E-state index contributed by atoms with van der Waals surface area (Å²) >= 11 is 5.74. The average Bonchev–Trinajstić information content (AvgIpc) is 2.99. The lowest BCUT2D eigenvalue weighted by Crippen LogP contribution is -2.33. The normalized spacial score (nSPS) is 16.0. The Morgan fingerprint density at radius 1 is 0.707 bits per heavy atom. The van der Waals surface area contributed by atoms with Gasteiger partial charge in [-0.3, -0.25) is 14.9 Å². The summed E-state index contributed by atoms with van der Waals surface area (Å²) < 4.78 is 5.78. The average molecular weight is 579 g/mol. The molecular weight excluding hydrogens is 536 g/mol. The second-order valence-electron chi connectivity index (χ2n) is 10.6. The summed E-state index contributed by atoms with van der Waals surface area (Å²) in [6.45, 7) is 11.7. The van der Waals surface area contributed by atoms with E-state index in [2.05, 4.69) is 29.7 Å². The van der Waals surface area contributed by atoms with Crippen molar-refractivity contribution in [3.05, 3.63) is 65.3 Å². The van der Waals surface area contributed by atoms with Crippen molar-refractivity contribution in [3.8, 4) is 5.88 Å². The highest BCUT2D eigenvalue weighted by atomic mass is 35.5. The van der Waals surface area contributed by atoms with Crippen LogP contribution in [0.3, 0.4) is 0 Å². The Balaban J connectivity index is 0.000000156. The van der Waals surface area contributed by atoms with Gasteiger partial charge in [0.15, 0.2) is 0 Å². The zero-order valence-corrected chi connectivity index (χ0v) is 25.2. The second-order valence-corrected chi connectivity index (χ2v) is 11.0. The van der Waals surface area contributed by atoms with Crippen LogP contribution in [-0.2, 0) is 0 Å². The summed E-state index contributed by atoms with van der Waals surface area (Å²) in [4.78, 5) is 21.9. The van der Waals surface area contributed by atoms with Crippen molar-refractivity contribution in [1.82, 2.24) is 29.7 Å². The zero-order chi connectivity index (χ0) is 28.9. The van der Waals surface area contributed by atoms with Gasteiger partial charge in [-0.25, -0.2) is 9.97 Å². The molecule has 9 heteroatoms. The first-order valence-corrected chi connectivity index (χ1v) is 15.2. The van der Waals surface area contributed by atoms with E-state index in [9.17, 15) is 0 Å². The van der Waals surface area contributed by atoms with Gasteiger partial charge in [-0.1, -0.05) is 24.4 Å². The van der Waals surface area contributed by atoms with Gasteiger partial charge < -0.3 is 14.7 Å². The van der Waals surface area contributed by atoms with Crippen LogP contribution in [0.25, 0.3) is 21.8 Å². The van der Waals surface area contributed by atoms with Gasteiger partial charge in [0.1, 0.15) is 11.8 Å². The molecule has 0 bridgehead atoms.